The molecule has 1 aromatic heterocycles. The van der Waals surface area contributed by atoms with Crippen molar-refractivity contribution in [2.45, 2.75) is 56.6 Å². The molecule has 4 heteroatoms. The second-order valence-electron chi connectivity index (χ2n) is 5.23. The molecule has 1 aliphatic carbocycles. The van der Waals surface area contributed by atoms with E-state index in [-0.39, 0.29) is 10.9 Å². The fourth-order valence-electron chi connectivity index (χ4n) is 1.79. The van der Waals surface area contributed by atoms with Crippen LogP contribution in [0.5, 0.6) is 0 Å². The number of hydrogen-bond donors (Lipinski definition) is 1. The molecule has 1 atom stereocenters. The Kier molecular flexibility index (Phi) is 3.62. The van der Waals surface area contributed by atoms with Crippen LogP contribution in [0.15, 0.2) is 0 Å². The lowest BCUT2D eigenvalue weighted by molar-refractivity contribution is 0.153. The number of aliphatic hydroxyl groups excluding tert-OH is 1. The molecule has 0 radical (unpaired) electrons. The van der Waals surface area contributed by atoms with Gasteiger partial charge < -0.3 is 5.11 Å². The van der Waals surface area contributed by atoms with Crippen LogP contribution in [0, 0.1) is 0 Å². The van der Waals surface area contributed by atoms with E-state index in [9.17, 15) is 5.11 Å². The van der Waals surface area contributed by atoms with Gasteiger partial charge in [0.15, 0.2) is 0 Å². The maximum atomic E-state index is 9.84. The highest BCUT2D eigenvalue weighted by Crippen LogP contribution is 2.36. The van der Waals surface area contributed by atoms with Gasteiger partial charge in [0, 0.05) is 15.4 Å². The minimum atomic E-state index is -0.312. The van der Waals surface area contributed by atoms with Crippen LogP contribution in [0.4, 0.5) is 0 Å². The van der Waals surface area contributed by atoms with E-state index in [1.165, 1.54) is 9.88 Å². The van der Waals surface area contributed by atoms with Gasteiger partial charge in [0.05, 0.1) is 11.8 Å². The van der Waals surface area contributed by atoms with E-state index < -0.39 is 0 Å². The molecule has 0 saturated heterocycles. The summed E-state index contributed by atoms with van der Waals surface area (Å²) in [5, 5.41) is 11.0. The first-order valence-electron chi connectivity index (χ1n) is 5.76. The van der Waals surface area contributed by atoms with Gasteiger partial charge in [-0.3, -0.25) is 0 Å². The Bertz CT molecular complexity index is 368. The van der Waals surface area contributed by atoms with E-state index >= 15 is 0 Å². The monoisotopic (exact) mass is 257 g/mol. The molecule has 1 heterocycles. The van der Waals surface area contributed by atoms with Crippen LogP contribution in [0.25, 0.3) is 0 Å². The maximum Gasteiger partial charge on any atom is 0.103 e. The lowest BCUT2D eigenvalue weighted by atomic mass is 10.0. The van der Waals surface area contributed by atoms with Crippen molar-refractivity contribution in [3.8, 4) is 0 Å². The number of aliphatic hydroxyl groups is 1. The Morgan fingerprint density at radius 2 is 2.25 bits per heavy atom. The Hall–Kier alpha value is -0.0600. The topological polar surface area (TPSA) is 33.1 Å². The van der Waals surface area contributed by atoms with Crippen molar-refractivity contribution in [3.63, 3.8) is 0 Å². The Morgan fingerprint density at radius 3 is 2.88 bits per heavy atom. The summed E-state index contributed by atoms with van der Waals surface area (Å²) in [4.78, 5) is 5.89. The van der Waals surface area contributed by atoms with E-state index in [2.05, 4.69) is 25.8 Å². The van der Waals surface area contributed by atoms with Gasteiger partial charge in [-0.25, -0.2) is 4.98 Å². The molecule has 0 saturated carbocycles. The molecule has 0 bridgehead atoms. The Labute approximate surface area is 105 Å². The molecule has 0 fully saturated rings. The number of fused-ring (bicyclic) bond motifs is 1. The molecule has 0 aliphatic heterocycles. The number of aryl methyl sites for hydroxylation is 1. The van der Waals surface area contributed by atoms with Crippen molar-refractivity contribution in [2.24, 2.45) is 0 Å². The Balaban J connectivity index is 2.07. The van der Waals surface area contributed by atoms with E-state index in [0.717, 1.165) is 30.7 Å². The van der Waals surface area contributed by atoms with Crippen LogP contribution in [0.3, 0.4) is 0 Å². The molecular weight excluding hydrogens is 238 g/mol. The predicted octanol–water partition coefficient (Wildman–Crippen LogP) is 3.54. The molecule has 1 unspecified atom stereocenters. The highest BCUT2D eigenvalue weighted by molar-refractivity contribution is 7.99. The highest BCUT2D eigenvalue weighted by Gasteiger charge is 2.23. The lowest BCUT2D eigenvalue weighted by Gasteiger charge is -2.16. The number of aromatic nitrogens is 1. The van der Waals surface area contributed by atoms with Crippen molar-refractivity contribution in [2.75, 3.05) is 0 Å². The molecule has 1 aromatic rings. The average molecular weight is 257 g/mol. The van der Waals surface area contributed by atoms with Gasteiger partial charge in [0.25, 0.3) is 0 Å². The molecule has 90 valence electrons. The lowest BCUT2D eigenvalue weighted by Crippen LogP contribution is -2.08. The SMILES string of the molecule is CC(C)(C)SCc1nc2c(s1)CCCC2O. The summed E-state index contributed by atoms with van der Waals surface area (Å²) in [5.41, 5.74) is 0.959. The van der Waals surface area contributed by atoms with Gasteiger partial charge >= 0.3 is 0 Å². The van der Waals surface area contributed by atoms with Gasteiger partial charge in [-0.1, -0.05) is 20.8 Å². The van der Waals surface area contributed by atoms with Gasteiger partial charge in [0.1, 0.15) is 5.01 Å². The van der Waals surface area contributed by atoms with E-state index in [4.69, 9.17) is 0 Å². The third-order valence-corrected chi connectivity index (χ3v) is 5.19. The van der Waals surface area contributed by atoms with Crippen LogP contribution < -0.4 is 0 Å². The first-order valence-corrected chi connectivity index (χ1v) is 7.56. The molecule has 0 amide bonds. The molecule has 0 spiro atoms. The zero-order valence-corrected chi connectivity index (χ0v) is 11.7. The van der Waals surface area contributed by atoms with Gasteiger partial charge in [-0.15, -0.1) is 23.1 Å². The Morgan fingerprint density at radius 1 is 1.50 bits per heavy atom. The molecule has 2 rings (SSSR count). The maximum absolute atomic E-state index is 9.84. The number of rotatable bonds is 2. The first kappa shape index (κ1) is 12.4. The third-order valence-electron chi connectivity index (χ3n) is 2.60. The highest BCUT2D eigenvalue weighted by atomic mass is 32.2. The van der Waals surface area contributed by atoms with E-state index in [0.29, 0.717) is 0 Å². The van der Waals surface area contributed by atoms with Crippen molar-refractivity contribution in [3.05, 3.63) is 15.6 Å². The van der Waals surface area contributed by atoms with Gasteiger partial charge in [-0.05, 0) is 19.3 Å². The van der Waals surface area contributed by atoms with Crippen LogP contribution >= 0.6 is 23.1 Å². The van der Waals surface area contributed by atoms with Crippen LogP contribution in [-0.4, -0.2) is 14.8 Å². The summed E-state index contributed by atoms with van der Waals surface area (Å²) < 4.78 is 0.283. The number of thiazole rings is 1. The quantitative estimate of drug-likeness (QED) is 0.879. The van der Waals surface area contributed by atoms with Crippen molar-refractivity contribution < 1.29 is 5.11 Å². The molecule has 0 aromatic carbocycles. The van der Waals surface area contributed by atoms with E-state index in [1.54, 1.807) is 11.3 Å². The normalized spacial score (nSPS) is 20.9. The molecule has 1 aliphatic rings. The smallest absolute Gasteiger partial charge is 0.103 e. The first-order chi connectivity index (χ1) is 7.46. The van der Waals surface area contributed by atoms with E-state index in [1.807, 2.05) is 11.8 Å². The van der Waals surface area contributed by atoms with Crippen LogP contribution in [-0.2, 0) is 12.2 Å². The zero-order chi connectivity index (χ0) is 11.8. The van der Waals surface area contributed by atoms with Gasteiger partial charge in [0.2, 0.25) is 0 Å². The fraction of sp³-hybridized carbons (Fsp3) is 0.750. The largest absolute Gasteiger partial charge is 0.387 e. The minimum absolute atomic E-state index is 0.283. The summed E-state index contributed by atoms with van der Waals surface area (Å²) in [7, 11) is 0. The summed E-state index contributed by atoms with van der Waals surface area (Å²) in [5.74, 6) is 0.966. The van der Waals surface area contributed by atoms with Crippen LogP contribution in [0.2, 0.25) is 0 Å². The predicted molar refractivity (Wildman–Crippen MR) is 71.1 cm³/mol. The summed E-state index contributed by atoms with van der Waals surface area (Å²) in [6, 6.07) is 0. The minimum Gasteiger partial charge on any atom is -0.387 e. The van der Waals surface area contributed by atoms with Crippen molar-refractivity contribution >= 4 is 23.1 Å². The number of nitrogens with zero attached hydrogens (tertiary/aromatic N) is 1. The molecular formula is C12H19NOS2. The number of thioether (sulfide) groups is 1. The van der Waals surface area contributed by atoms with Crippen LogP contribution in [0.1, 0.15) is 55.3 Å². The molecule has 2 nitrogen and oxygen atoms in total. The fourth-order valence-corrected chi connectivity index (χ4v) is 3.78. The summed E-state index contributed by atoms with van der Waals surface area (Å²) >= 11 is 3.71. The number of hydrogen-bond acceptors (Lipinski definition) is 4. The van der Waals surface area contributed by atoms with Gasteiger partial charge in [-0.2, -0.15) is 0 Å². The second-order valence-corrected chi connectivity index (χ2v) is 8.20. The third kappa shape index (κ3) is 2.99. The summed E-state index contributed by atoms with van der Waals surface area (Å²) in [6.07, 6.45) is 2.77. The second kappa shape index (κ2) is 4.67. The van der Waals surface area contributed by atoms with Crippen molar-refractivity contribution in [1.29, 1.82) is 0 Å². The van der Waals surface area contributed by atoms with Crippen molar-refractivity contribution in [1.82, 2.24) is 4.98 Å². The zero-order valence-electron chi connectivity index (χ0n) is 10.1. The summed E-state index contributed by atoms with van der Waals surface area (Å²) in [6.45, 7) is 6.67. The molecule has 16 heavy (non-hydrogen) atoms. The molecule has 1 N–H and O–H groups in total. The standard InChI is InChI=1S/C12H19NOS2/c1-12(2,3)15-7-10-13-11-8(14)5-4-6-9(11)16-10/h8,14H,4-7H2,1-3H3. The average Bonchev–Trinajstić information content (AvgIpc) is 2.58.